The second-order valence-corrected chi connectivity index (χ2v) is 8.60. The fourth-order valence-electron chi connectivity index (χ4n) is 3.63. The van der Waals surface area contributed by atoms with E-state index in [1.54, 1.807) is 16.4 Å². The number of fused-ring (bicyclic) bond motifs is 1. The van der Waals surface area contributed by atoms with E-state index in [0.29, 0.717) is 24.7 Å². The predicted molar refractivity (Wildman–Crippen MR) is 104 cm³/mol. The van der Waals surface area contributed by atoms with Crippen LogP contribution in [-0.2, 0) is 27.6 Å². The molecule has 0 radical (unpaired) electrons. The molecular formula is C20H24N2O3S. The second kappa shape index (κ2) is 6.93. The van der Waals surface area contributed by atoms with Gasteiger partial charge in [0.05, 0.1) is 23.8 Å². The maximum Gasteiger partial charge on any atom is 0.264 e. The Balaban J connectivity index is 1.67. The summed E-state index contributed by atoms with van der Waals surface area (Å²) in [6.45, 7) is 5.66. The molecule has 0 amide bonds. The number of ether oxygens (including phenoxy) is 1. The number of morpholine rings is 1. The summed E-state index contributed by atoms with van der Waals surface area (Å²) in [4.78, 5) is 2.61. The molecule has 26 heavy (non-hydrogen) atoms. The van der Waals surface area contributed by atoms with Gasteiger partial charge in [-0.3, -0.25) is 4.31 Å². The first-order chi connectivity index (χ1) is 12.6. The Morgan fingerprint density at radius 1 is 1.00 bits per heavy atom. The third-order valence-electron chi connectivity index (χ3n) is 5.22. The number of anilines is 2. The predicted octanol–water partition coefficient (Wildman–Crippen LogP) is 2.84. The average molecular weight is 372 g/mol. The van der Waals surface area contributed by atoms with E-state index < -0.39 is 10.0 Å². The van der Waals surface area contributed by atoms with Gasteiger partial charge in [-0.1, -0.05) is 25.1 Å². The summed E-state index contributed by atoms with van der Waals surface area (Å²) in [6.07, 6.45) is 1.65. The van der Waals surface area contributed by atoms with Crippen LogP contribution in [0.3, 0.4) is 0 Å². The summed E-state index contributed by atoms with van der Waals surface area (Å²) in [7, 11) is -3.53. The van der Waals surface area contributed by atoms with Gasteiger partial charge >= 0.3 is 0 Å². The lowest BCUT2D eigenvalue weighted by Crippen LogP contribution is -2.36. The van der Waals surface area contributed by atoms with E-state index in [0.717, 1.165) is 48.4 Å². The Hall–Kier alpha value is -2.05. The molecule has 0 aliphatic carbocycles. The maximum absolute atomic E-state index is 13.2. The highest BCUT2D eigenvalue weighted by molar-refractivity contribution is 7.92. The Morgan fingerprint density at radius 2 is 1.73 bits per heavy atom. The summed E-state index contributed by atoms with van der Waals surface area (Å²) in [6, 6.07) is 13.4. The number of sulfonamides is 1. The van der Waals surface area contributed by atoms with E-state index in [1.165, 1.54) is 0 Å². The minimum Gasteiger partial charge on any atom is -0.378 e. The third-order valence-corrected chi connectivity index (χ3v) is 7.05. The van der Waals surface area contributed by atoms with Crippen LogP contribution in [0.2, 0.25) is 0 Å². The van der Waals surface area contributed by atoms with Gasteiger partial charge in [-0.2, -0.15) is 0 Å². The van der Waals surface area contributed by atoms with Crippen molar-refractivity contribution in [2.45, 2.75) is 24.7 Å². The van der Waals surface area contributed by atoms with Crippen molar-refractivity contribution in [1.82, 2.24) is 0 Å². The monoisotopic (exact) mass is 372 g/mol. The number of nitrogens with zero attached hydrogens (tertiary/aromatic N) is 2. The maximum atomic E-state index is 13.2. The highest BCUT2D eigenvalue weighted by Crippen LogP contribution is 2.36. The summed E-state index contributed by atoms with van der Waals surface area (Å²) < 4.78 is 33.3. The lowest BCUT2D eigenvalue weighted by Gasteiger charge is -2.30. The average Bonchev–Trinajstić information content (AvgIpc) is 3.13. The van der Waals surface area contributed by atoms with Gasteiger partial charge in [0.15, 0.2) is 0 Å². The van der Waals surface area contributed by atoms with E-state index in [4.69, 9.17) is 4.74 Å². The third kappa shape index (κ3) is 3.08. The Labute approximate surface area is 155 Å². The molecule has 0 bridgehead atoms. The van der Waals surface area contributed by atoms with Crippen LogP contribution in [0, 0.1) is 0 Å². The fraction of sp³-hybridized carbons (Fsp3) is 0.400. The second-order valence-electron chi connectivity index (χ2n) is 6.74. The zero-order chi connectivity index (χ0) is 18.1. The first-order valence-electron chi connectivity index (χ1n) is 9.17. The van der Waals surface area contributed by atoms with Crippen LogP contribution in [0.25, 0.3) is 0 Å². The normalized spacial score (nSPS) is 17.4. The summed E-state index contributed by atoms with van der Waals surface area (Å²) in [5, 5.41) is 0. The molecule has 0 spiro atoms. The number of hydrogen-bond acceptors (Lipinski definition) is 4. The molecule has 0 saturated carbocycles. The van der Waals surface area contributed by atoms with Gasteiger partial charge in [0.2, 0.25) is 0 Å². The molecule has 2 aliphatic rings. The molecule has 2 aromatic rings. The highest BCUT2D eigenvalue weighted by atomic mass is 32.2. The van der Waals surface area contributed by atoms with E-state index in [-0.39, 0.29) is 0 Å². The van der Waals surface area contributed by atoms with E-state index in [9.17, 15) is 8.42 Å². The number of rotatable bonds is 4. The largest absolute Gasteiger partial charge is 0.378 e. The molecule has 2 aliphatic heterocycles. The van der Waals surface area contributed by atoms with Crippen molar-refractivity contribution in [3.8, 4) is 0 Å². The van der Waals surface area contributed by atoms with Crippen LogP contribution in [0.1, 0.15) is 18.1 Å². The molecule has 0 N–H and O–H groups in total. The zero-order valence-electron chi connectivity index (χ0n) is 15.0. The summed E-state index contributed by atoms with van der Waals surface area (Å²) in [5.74, 6) is 0. The first kappa shape index (κ1) is 17.4. The molecule has 138 valence electrons. The van der Waals surface area contributed by atoms with Crippen molar-refractivity contribution in [1.29, 1.82) is 0 Å². The van der Waals surface area contributed by atoms with E-state index in [2.05, 4.69) is 24.0 Å². The quantitative estimate of drug-likeness (QED) is 0.828. The van der Waals surface area contributed by atoms with Crippen LogP contribution in [0.4, 0.5) is 11.4 Å². The standard InChI is InChI=1S/C20H24N2O3S/c1-2-16-3-7-19(8-4-16)26(23,24)22-10-9-17-5-6-18(15-20(17)22)21-11-13-25-14-12-21/h3-8,15H,2,9-14H2,1H3. The van der Waals surface area contributed by atoms with Gasteiger partial charge in [-0.25, -0.2) is 8.42 Å². The van der Waals surface area contributed by atoms with Crippen molar-refractivity contribution >= 4 is 21.4 Å². The Kier molecular flexibility index (Phi) is 4.63. The van der Waals surface area contributed by atoms with Gasteiger partial charge in [-0.15, -0.1) is 0 Å². The van der Waals surface area contributed by atoms with Crippen LogP contribution >= 0.6 is 0 Å². The molecule has 6 heteroatoms. The smallest absolute Gasteiger partial charge is 0.264 e. The minimum absolute atomic E-state index is 0.360. The lowest BCUT2D eigenvalue weighted by atomic mass is 10.1. The Bertz CT molecular complexity index is 888. The molecule has 4 rings (SSSR count). The topological polar surface area (TPSA) is 49.9 Å². The van der Waals surface area contributed by atoms with Crippen molar-refractivity contribution < 1.29 is 13.2 Å². The van der Waals surface area contributed by atoms with Crippen molar-refractivity contribution in [3.63, 3.8) is 0 Å². The Morgan fingerprint density at radius 3 is 2.42 bits per heavy atom. The first-order valence-corrected chi connectivity index (χ1v) is 10.6. The molecule has 0 atom stereocenters. The molecule has 0 unspecified atom stereocenters. The van der Waals surface area contributed by atoms with Crippen LogP contribution in [0.15, 0.2) is 47.4 Å². The number of hydrogen-bond donors (Lipinski definition) is 0. The van der Waals surface area contributed by atoms with Gasteiger partial charge in [-0.05, 0) is 48.2 Å². The van der Waals surface area contributed by atoms with Crippen LogP contribution in [0.5, 0.6) is 0 Å². The van der Waals surface area contributed by atoms with Gasteiger partial charge in [0, 0.05) is 25.3 Å². The minimum atomic E-state index is -3.53. The zero-order valence-corrected chi connectivity index (χ0v) is 15.8. The van der Waals surface area contributed by atoms with Crippen LogP contribution < -0.4 is 9.21 Å². The molecule has 5 nitrogen and oxygen atoms in total. The molecule has 2 aromatic carbocycles. The van der Waals surface area contributed by atoms with Crippen molar-refractivity contribution in [2.75, 3.05) is 42.1 Å². The SMILES string of the molecule is CCc1ccc(S(=O)(=O)N2CCc3ccc(N4CCOCC4)cc32)cc1. The van der Waals surface area contributed by atoms with Crippen molar-refractivity contribution in [3.05, 3.63) is 53.6 Å². The molecule has 1 fully saturated rings. The lowest BCUT2D eigenvalue weighted by molar-refractivity contribution is 0.122. The van der Waals surface area contributed by atoms with Gasteiger partial charge in [0.1, 0.15) is 0 Å². The molecule has 1 saturated heterocycles. The number of aryl methyl sites for hydroxylation is 1. The molecule has 0 aromatic heterocycles. The molecular weight excluding hydrogens is 348 g/mol. The number of benzene rings is 2. The van der Waals surface area contributed by atoms with E-state index >= 15 is 0 Å². The fourth-order valence-corrected chi connectivity index (χ4v) is 5.13. The van der Waals surface area contributed by atoms with Crippen molar-refractivity contribution in [2.24, 2.45) is 0 Å². The summed E-state index contributed by atoms with van der Waals surface area (Å²) >= 11 is 0. The summed E-state index contributed by atoms with van der Waals surface area (Å²) in [5.41, 5.74) is 4.11. The highest BCUT2D eigenvalue weighted by Gasteiger charge is 2.31. The van der Waals surface area contributed by atoms with Gasteiger partial charge < -0.3 is 9.64 Å². The van der Waals surface area contributed by atoms with Gasteiger partial charge in [0.25, 0.3) is 10.0 Å². The van der Waals surface area contributed by atoms with Crippen LogP contribution in [-0.4, -0.2) is 41.3 Å². The molecule has 2 heterocycles. The van der Waals surface area contributed by atoms with E-state index in [1.807, 2.05) is 18.2 Å².